The highest BCUT2D eigenvalue weighted by Gasteiger charge is 2.22. The van der Waals surface area contributed by atoms with Gasteiger partial charge in [-0.15, -0.1) is 10.2 Å². The molecule has 1 aliphatic heterocycles. The molecule has 8 nitrogen and oxygen atoms in total. The van der Waals surface area contributed by atoms with Crippen LogP contribution in [0.3, 0.4) is 0 Å². The molecule has 1 aliphatic rings. The van der Waals surface area contributed by atoms with E-state index < -0.39 is 5.91 Å². The van der Waals surface area contributed by atoms with Crippen LogP contribution < -0.4 is 4.74 Å². The van der Waals surface area contributed by atoms with E-state index >= 15 is 0 Å². The SMILES string of the molecule is COc1ccc2[nH]c(C(=O)N=Nc3c(O)n(CN4CCCC4)c4ccccc34)c(-c3ccccc3)c2c1. The van der Waals surface area contributed by atoms with Gasteiger partial charge in [-0.25, -0.2) is 0 Å². The van der Waals surface area contributed by atoms with Gasteiger partial charge in [0.25, 0.3) is 0 Å². The number of aromatic nitrogens is 2. The highest BCUT2D eigenvalue weighted by Crippen LogP contribution is 2.40. The van der Waals surface area contributed by atoms with Crippen LogP contribution in [0.5, 0.6) is 11.6 Å². The summed E-state index contributed by atoms with van der Waals surface area (Å²) in [5, 5.41) is 21.1. The van der Waals surface area contributed by atoms with Gasteiger partial charge < -0.3 is 14.8 Å². The van der Waals surface area contributed by atoms with Crippen LogP contribution >= 0.6 is 0 Å². The maximum Gasteiger partial charge on any atom is 0.312 e. The monoisotopic (exact) mass is 493 g/mol. The molecule has 1 fully saturated rings. The van der Waals surface area contributed by atoms with Gasteiger partial charge in [0.2, 0.25) is 5.88 Å². The number of aromatic amines is 1. The number of likely N-dealkylation sites (tertiary alicyclic amines) is 1. The number of nitrogens with zero attached hydrogens (tertiary/aromatic N) is 4. The maximum atomic E-state index is 13.4. The molecule has 1 amide bonds. The molecular weight excluding hydrogens is 466 g/mol. The topological polar surface area (TPSA) is 95.2 Å². The molecular formula is C29H27N5O3. The molecule has 2 N–H and O–H groups in total. The number of azo groups is 1. The molecule has 0 bridgehead atoms. The number of benzene rings is 3. The van der Waals surface area contributed by atoms with Crippen LogP contribution in [0, 0.1) is 0 Å². The van der Waals surface area contributed by atoms with Crippen LogP contribution in [-0.2, 0) is 6.67 Å². The molecule has 0 aliphatic carbocycles. The average Bonchev–Trinajstić information content (AvgIpc) is 3.65. The van der Waals surface area contributed by atoms with Crippen molar-refractivity contribution in [3.63, 3.8) is 0 Å². The van der Waals surface area contributed by atoms with Crippen molar-refractivity contribution < 1.29 is 14.6 Å². The zero-order valence-corrected chi connectivity index (χ0v) is 20.5. The number of rotatable bonds is 6. The molecule has 0 spiro atoms. The first-order valence-electron chi connectivity index (χ1n) is 12.4. The van der Waals surface area contributed by atoms with Gasteiger partial charge >= 0.3 is 5.91 Å². The van der Waals surface area contributed by atoms with E-state index in [1.807, 2.05) is 77.4 Å². The fourth-order valence-electron chi connectivity index (χ4n) is 5.15. The van der Waals surface area contributed by atoms with Crippen molar-refractivity contribution in [3.05, 3.63) is 78.5 Å². The molecule has 0 radical (unpaired) electrons. The first-order valence-corrected chi connectivity index (χ1v) is 12.4. The molecule has 0 unspecified atom stereocenters. The van der Waals surface area contributed by atoms with E-state index in [0.717, 1.165) is 58.9 Å². The Morgan fingerprint density at radius 3 is 2.54 bits per heavy atom. The number of carbonyl (C=O) groups is 1. The van der Waals surface area contributed by atoms with E-state index in [1.54, 1.807) is 7.11 Å². The molecule has 3 heterocycles. The average molecular weight is 494 g/mol. The van der Waals surface area contributed by atoms with Gasteiger partial charge in [0, 0.05) is 21.9 Å². The number of aromatic hydroxyl groups is 1. The normalized spacial score (nSPS) is 14.3. The zero-order valence-electron chi connectivity index (χ0n) is 20.5. The van der Waals surface area contributed by atoms with Gasteiger partial charge in [0.05, 0.1) is 19.3 Å². The summed E-state index contributed by atoms with van der Waals surface area (Å²) in [6, 6.07) is 23.0. The third-order valence-corrected chi connectivity index (χ3v) is 6.98. The highest BCUT2D eigenvalue weighted by atomic mass is 16.5. The van der Waals surface area contributed by atoms with Gasteiger partial charge in [0.15, 0.2) is 5.69 Å². The van der Waals surface area contributed by atoms with Crippen molar-refractivity contribution in [3.8, 4) is 22.8 Å². The van der Waals surface area contributed by atoms with Crippen molar-refractivity contribution in [1.29, 1.82) is 0 Å². The number of fused-ring (bicyclic) bond motifs is 2. The summed E-state index contributed by atoms with van der Waals surface area (Å²) < 4.78 is 7.26. The minimum Gasteiger partial charge on any atom is -0.497 e. The van der Waals surface area contributed by atoms with E-state index in [0.29, 0.717) is 23.8 Å². The Kier molecular flexibility index (Phi) is 5.94. The van der Waals surface area contributed by atoms with Gasteiger partial charge in [-0.3, -0.25) is 14.3 Å². The van der Waals surface area contributed by atoms with Crippen molar-refractivity contribution in [2.75, 3.05) is 20.2 Å². The highest BCUT2D eigenvalue weighted by molar-refractivity contribution is 6.10. The lowest BCUT2D eigenvalue weighted by Crippen LogP contribution is -2.22. The minimum atomic E-state index is -0.523. The van der Waals surface area contributed by atoms with Crippen LogP contribution in [0.25, 0.3) is 32.9 Å². The van der Waals surface area contributed by atoms with E-state index in [4.69, 9.17) is 4.74 Å². The number of hydrogen-bond donors (Lipinski definition) is 2. The lowest BCUT2D eigenvalue weighted by atomic mass is 10.0. The molecule has 5 aromatic rings. The van der Waals surface area contributed by atoms with Crippen LogP contribution in [-0.4, -0.2) is 45.7 Å². The summed E-state index contributed by atoms with van der Waals surface area (Å²) in [7, 11) is 1.61. The van der Waals surface area contributed by atoms with Gasteiger partial charge in [0.1, 0.15) is 11.4 Å². The molecule has 6 rings (SSSR count). The number of methoxy groups -OCH3 is 1. The second-order valence-electron chi connectivity index (χ2n) is 9.24. The molecule has 0 saturated carbocycles. The van der Waals surface area contributed by atoms with Crippen LogP contribution in [0.1, 0.15) is 23.3 Å². The fourth-order valence-corrected chi connectivity index (χ4v) is 5.15. The molecule has 186 valence electrons. The Bertz CT molecular complexity index is 1630. The molecule has 3 aromatic carbocycles. The number of H-pyrrole nitrogens is 1. The summed E-state index contributed by atoms with van der Waals surface area (Å²) in [5.74, 6) is 0.180. The number of ether oxygens (including phenoxy) is 1. The maximum absolute atomic E-state index is 13.4. The first kappa shape index (κ1) is 23.0. The number of amides is 1. The number of para-hydroxylation sites is 1. The van der Waals surface area contributed by atoms with Gasteiger partial charge in [-0.05, 0) is 55.8 Å². The van der Waals surface area contributed by atoms with E-state index in [1.165, 1.54) is 0 Å². The smallest absolute Gasteiger partial charge is 0.312 e. The van der Waals surface area contributed by atoms with E-state index in [9.17, 15) is 9.90 Å². The second kappa shape index (κ2) is 9.55. The van der Waals surface area contributed by atoms with E-state index in [2.05, 4.69) is 20.1 Å². The van der Waals surface area contributed by atoms with Gasteiger partial charge in [-0.1, -0.05) is 48.5 Å². The number of hydrogen-bond acceptors (Lipinski definition) is 5. The molecule has 1 saturated heterocycles. The third kappa shape index (κ3) is 4.15. The Hall–Kier alpha value is -4.43. The van der Waals surface area contributed by atoms with Crippen molar-refractivity contribution >= 4 is 33.4 Å². The van der Waals surface area contributed by atoms with Crippen LogP contribution in [0.4, 0.5) is 5.69 Å². The number of nitrogens with one attached hydrogen (secondary N) is 1. The Labute approximate surface area is 213 Å². The zero-order chi connectivity index (χ0) is 25.4. The quantitative estimate of drug-likeness (QED) is 0.265. The lowest BCUT2D eigenvalue weighted by molar-refractivity contribution is 0.0991. The van der Waals surface area contributed by atoms with Crippen molar-refractivity contribution in [2.24, 2.45) is 10.2 Å². The molecule has 8 heteroatoms. The summed E-state index contributed by atoms with van der Waals surface area (Å²) in [6.07, 6.45) is 2.31. The number of carbonyl (C=O) groups excluding carboxylic acids is 1. The Morgan fingerprint density at radius 2 is 1.76 bits per heavy atom. The van der Waals surface area contributed by atoms with E-state index in [-0.39, 0.29) is 5.88 Å². The molecule has 37 heavy (non-hydrogen) atoms. The first-order chi connectivity index (χ1) is 18.1. The predicted octanol–water partition coefficient (Wildman–Crippen LogP) is 6.48. The Morgan fingerprint density at radius 1 is 1.00 bits per heavy atom. The van der Waals surface area contributed by atoms with Crippen LogP contribution in [0.15, 0.2) is 83.0 Å². The standard InChI is InChI=1S/C29H27N5O3/c1-37-20-13-14-23-22(17-20)25(19-9-3-2-4-10-19)27(30-23)28(35)32-31-26-21-11-5-6-12-24(21)34(29(26)36)18-33-15-7-8-16-33/h2-6,9-14,17,30,36H,7-8,15-16,18H2,1H3. The molecule has 2 aromatic heterocycles. The van der Waals surface area contributed by atoms with Crippen molar-refractivity contribution in [1.82, 2.24) is 14.5 Å². The fraction of sp³-hybridized carbons (Fsp3) is 0.207. The Balaban J connectivity index is 1.42. The van der Waals surface area contributed by atoms with Gasteiger partial charge in [-0.2, -0.15) is 0 Å². The second-order valence-corrected chi connectivity index (χ2v) is 9.24. The minimum absolute atomic E-state index is 0.00863. The summed E-state index contributed by atoms with van der Waals surface area (Å²) >= 11 is 0. The summed E-state index contributed by atoms with van der Waals surface area (Å²) in [6.45, 7) is 2.56. The summed E-state index contributed by atoms with van der Waals surface area (Å²) in [5.41, 5.74) is 3.89. The molecule has 0 atom stereocenters. The third-order valence-electron chi connectivity index (χ3n) is 6.98. The summed E-state index contributed by atoms with van der Waals surface area (Å²) in [4.78, 5) is 19.0. The lowest BCUT2D eigenvalue weighted by Gasteiger charge is -2.17. The van der Waals surface area contributed by atoms with Crippen LogP contribution in [0.2, 0.25) is 0 Å². The predicted molar refractivity (Wildman–Crippen MR) is 144 cm³/mol. The van der Waals surface area contributed by atoms with Crippen molar-refractivity contribution in [2.45, 2.75) is 19.5 Å². The largest absolute Gasteiger partial charge is 0.497 e.